The van der Waals surface area contributed by atoms with Crippen LogP contribution >= 0.6 is 15.9 Å². The maximum absolute atomic E-state index is 13.7. The van der Waals surface area contributed by atoms with E-state index in [9.17, 15) is 9.59 Å². The monoisotopic (exact) mass is 564 g/mol. The Hall–Kier alpha value is -3.12. The Morgan fingerprint density at radius 1 is 0.919 bits per heavy atom. The number of hydrogen-bond acceptors (Lipinski definition) is 3. The largest absolute Gasteiger partial charge is 0.483 e. The van der Waals surface area contributed by atoms with Crippen molar-refractivity contribution >= 4 is 27.7 Å². The average molecular weight is 566 g/mol. The molecule has 2 amide bonds. The standard InChI is InChI=1S/C31H37BrN2O3/c1-21(2)26-15-16-29(27(32)18-26)37-20-30(35)34(19-25-13-11-23(5)12-14-25)28(31(36)33-22(3)4)17-24-9-7-6-8-10-24/h6-16,18,21-22,28H,17,19-20H2,1-5H3,(H,33,36)/t28-/m0/s1. The first-order valence-electron chi connectivity index (χ1n) is 12.8. The first kappa shape index (κ1) is 28.5. The van der Waals surface area contributed by atoms with Crippen molar-refractivity contribution in [2.24, 2.45) is 0 Å². The third kappa shape index (κ3) is 8.46. The molecule has 0 aliphatic carbocycles. The number of benzene rings is 3. The lowest BCUT2D eigenvalue weighted by molar-refractivity contribution is -0.143. The summed E-state index contributed by atoms with van der Waals surface area (Å²) in [4.78, 5) is 28.8. The molecule has 0 heterocycles. The molecule has 0 aliphatic rings. The molecule has 3 rings (SSSR count). The first-order chi connectivity index (χ1) is 17.6. The summed E-state index contributed by atoms with van der Waals surface area (Å²) in [6.07, 6.45) is 0.407. The zero-order valence-electron chi connectivity index (χ0n) is 22.3. The van der Waals surface area contributed by atoms with Gasteiger partial charge in [-0.2, -0.15) is 0 Å². The molecule has 0 aliphatic heterocycles. The highest BCUT2D eigenvalue weighted by atomic mass is 79.9. The van der Waals surface area contributed by atoms with Crippen LogP contribution in [0.3, 0.4) is 0 Å². The van der Waals surface area contributed by atoms with Crippen LogP contribution in [0.2, 0.25) is 0 Å². The predicted octanol–water partition coefficient (Wildman–Crippen LogP) is 6.42. The molecule has 1 N–H and O–H groups in total. The smallest absolute Gasteiger partial charge is 0.261 e. The van der Waals surface area contributed by atoms with Crippen LogP contribution < -0.4 is 10.1 Å². The number of nitrogens with zero attached hydrogens (tertiary/aromatic N) is 1. The minimum atomic E-state index is -0.686. The number of nitrogens with one attached hydrogen (secondary N) is 1. The van der Waals surface area contributed by atoms with E-state index in [1.165, 1.54) is 5.56 Å². The Labute approximate surface area is 229 Å². The quantitative estimate of drug-likeness (QED) is 0.292. The van der Waals surface area contributed by atoms with Crippen molar-refractivity contribution in [3.05, 3.63) is 99.5 Å². The number of ether oxygens (including phenoxy) is 1. The van der Waals surface area contributed by atoms with E-state index in [0.29, 0.717) is 24.6 Å². The van der Waals surface area contributed by atoms with Crippen LogP contribution in [0.25, 0.3) is 0 Å². The Bertz CT molecular complexity index is 1180. The van der Waals surface area contributed by atoms with E-state index in [2.05, 4.69) is 35.1 Å². The zero-order valence-corrected chi connectivity index (χ0v) is 23.9. The van der Waals surface area contributed by atoms with Crippen LogP contribution in [0.4, 0.5) is 0 Å². The van der Waals surface area contributed by atoms with Gasteiger partial charge in [-0.1, -0.05) is 80.1 Å². The number of carbonyl (C=O) groups is 2. The predicted molar refractivity (Wildman–Crippen MR) is 153 cm³/mol. The van der Waals surface area contributed by atoms with E-state index in [4.69, 9.17) is 4.74 Å². The van der Waals surface area contributed by atoms with Gasteiger partial charge in [0.15, 0.2) is 6.61 Å². The van der Waals surface area contributed by atoms with Crippen LogP contribution in [0, 0.1) is 6.92 Å². The molecule has 0 unspecified atom stereocenters. The Balaban J connectivity index is 1.90. The first-order valence-corrected chi connectivity index (χ1v) is 13.5. The van der Waals surface area contributed by atoms with Crippen molar-refractivity contribution in [3.8, 4) is 5.75 Å². The average Bonchev–Trinajstić information content (AvgIpc) is 2.86. The van der Waals surface area contributed by atoms with Crippen molar-refractivity contribution in [3.63, 3.8) is 0 Å². The molecule has 3 aromatic rings. The molecule has 5 nitrogen and oxygen atoms in total. The van der Waals surface area contributed by atoms with Crippen molar-refractivity contribution < 1.29 is 14.3 Å². The second kappa shape index (κ2) is 13.4. The summed E-state index contributed by atoms with van der Waals surface area (Å²) in [6.45, 7) is 10.3. The van der Waals surface area contributed by atoms with Crippen molar-refractivity contribution in [1.29, 1.82) is 0 Å². The molecule has 0 aromatic heterocycles. The molecular formula is C31H37BrN2O3. The summed E-state index contributed by atoms with van der Waals surface area (Å²) in [6, 6.07) is 23.0. The third-order valence-corrected chi connectivity index (χ3v) is 6.77. The van der Waals surface area contributed by atoms with Gasteiger partial charge in [0.2, 0.25) is 5.91 Å². The Morgan fingerprint density at radius 3 is 2.19 bits per heavy atom. The SMILES string of the molecule is Cc1ccc(CN(C(=O)COc2ccc(C(C)C)cc2Br)[C@@H](Cc2ccccc2)C(=O)NC(C)C)cc1. The van der Waals surface area contributed by atoms with Gasteiger partial charge in [-0.3, -0.25) is 9.59 Å². The molecule has 0 saturated carbocycles. The van der Waals surface area contributed by atoms with Crippen LogP contribution in [0.1, 0.15) is 55.9 Å². The Morgan fingerprint density at radius 2 is 1.59 bits per heavy atom. The number of amides is 2. The summed E-state index contributed by atoms with van der Waals surface area (Å²) >= 11 is 3.57. The highest BCUT2D eigenvalue weighted by Gasteiger charge is 2.31. The fourth-order valence-corrected chi connectivity index (χ4v) is 4.55. The van der Waals surface area contributed by atoms with E-state index in [1.807, 2.05) is 93.6 Å². The summed E-state index contributed by atoms with van der Waals surface area (Å²) < 4.78 is 6.76. The molecule has 6 heteroatoms. The summed E-state index contributed by atoms with van der Waals surface area (Å²) in [5.41, 5.74) is 4.26. The number of rotatable bonds is 11. The number of aryl methyl sites for hydroxylation is 1. The molecule has 0 saturated heterocycles. The fraction of sp³-hybridized carbons (Fsp3) is 0.355. The third-order valence-electron chi connectivity index (χ3n) is 6.15. The molecule has 0 fully saturated rings. The number of halogens is 1. The van der Waals surface area contributed by atoms with E-state index in [0.717, 1.165) is 21.2 Å². The maximum Gasteiger partial charge on any atom is 0.261 e. The lowest BCUT2D eigenvalue weighted by atomic mass is 10.0. The van der Waals surface area contributed by atoms with Crippen LogP contribution in [0.15, 0.2) is 77.3 Å². The van der Waals surface area contributed by atoms with E-state index in [1.54, 1.807) is 4.90 Å². The molecule has 37 heavy (non-hydrogen) atoms. The lowest BCUT2D eigenvalue weighted by Gasteiger charge is -2.32. The highest BCUT2D eigenvalue weighted by Crippen LogP contribution is 2.29. The number of carbonyl (C=O) groups excluding carboxylic acids is 2. The normalized spacial score (nSPS) is 11.9. The Kier molecular flexibility index (Phi) is 10.3. The molecule has 196 valence electrons. The molecule has 0 spiro atoms. The van der Waals surface area contributed by atoms with Gasteiger partial charge in [0.1, 0.15) is 11.8 Å². The van der Waals surface area contributed by atoms with Gasteiger partial charge >= 0.3 is 0 Å². The van der Waals surface area contributed by atoms with Crippen molar-refractivity contribution in [2.45, 2.75) is 65.6 Å². The minimum absolute atomic E-state index is 0.0474. The molecule has 0 bridgehead atoms. The lowest BCUT2D eigenvalue weighted by Crippen LogP contribution is -2.52. The van der Waals surface area contributed by atoms with Gasteiger partial charge in [0.25, 0.3) is 5.91 Å². The summed E-state index contributed by atoms with van der Waals surface area (Å²) in [7, 11) is 0. The van der Waals surface area contributed by atoms with E-state index in [-0.39, 0.29) is 24.5 Å². The van der Waals surface area contributed by atoms with Gasteiger partial charge in [0, 0.05) is 19.0 Å². The van der Waals surface area contributed by atoms with E-state index >= 15 is 0 Å². The second-order valence-corrected chi connectivity index (χ2v) is 10.9. The van der Waals surface area contributed by atoms with Gasteiger partial charge in [-0.05, 0) is 71.4 Å². The molecular weight excluding hydrogens is 528 g/mol. The molecule has 1 atom stereocenters. The number of hydrogen-bond donors (Lipinski definition) is 1. The zero-order chi connectivity index (χ0) is 26.9. The van der Waals surface area contributed by atoms with Crippen LogP contribution in [0.5, 0.6) is 5.75 Å². The van der Waals surface area contributed by atoms with Crippen molar-refractivity contribution in [1.82, 2.24) is 10.2 Å². The van der Waals surface area contributed by atoms with E-state index < -0.39 is 6.04 Å². The minimum Gasteiger partial charge on any atom is -0.483 e. The summed E-state index contributed by atoms with van der Waals surface area (Å²) in [5, 5.41) is 3.01. The summed E-state index contributed by atoms with van der Waals surface area (Å²) in [5.74, 6) is 0.552. The van der Waals surface area contributed by atoms with Crippen LogP contribution in [-0.2, 0) is 22.6 Å². The second-order valence-electron chi connectivity index (χ2n) is 10.0. The van der Waals surface area contributed by atoms with Gasteiger partial charge in [0.05, 0.1) is 4.47 Å². The van der Waals surface area contributed by atoms with Gasteiger partial charge in [-0.25, -0.2) is 0 Å². The van der Waals surface area contributed by atoms with Gasteiger partial charge in [-0.15, -0.1) is 0 Å². The van der Waals surface area contributed by atoms with Crippen molar-refractivity contribution in [2.75, 3.05) is 6.61 Å². The molecule has 0 radical (unpaired) electrons. The van der Waals surface area contributed by atoms with Gasteiger partial charge < -0.3 is 15.0 Å². The topological polar surface area (TPSA) is 58.6 Å². The fourth-order valence-electron chi connectivity index (χ4n) is 4.04. The maximum atomic E-state index is 13.7. The van der Waals surface area contributed by atoms with Crippen LogP contribution in [-0.4, -0.2) is 35.4 Å². The highest BCUT2D eigenvalue weighted by molar-refractivity contribution is 9.10. The molecule has 3 aromatic carbocycles.